The van der Waals surface area contributed by atoms with Crippen LogP contribution in [0.4, 0.5) is 0 Å². The van der Waals surface area contributed by atoms with Gasteiger partial charge in [0.2, 0.25) is 5.91 Å². The molecule has 36 heavy (non-hydrogen) atoms. The number of hydrogen-bond acceptors (Lipinski definition) is 4. The summed E-state index contributed by atoms with van der Waals surface area (Å²) in [4.78, 5) is 16.4. The Bertz CT molecular complexity index is 1100. The third kappa shape index (κ3) is 5.50. The second-order valence-electron chi connectivity index (χ2n) is 10.3. The summed E-state index contributed by atoms with van der Waals surface area (Å²) in [7, 11) is -2.75. The summed E-state index contributed by atoms with van der Waals surface area (Å²) in [5, 5.41) is 4.14. The monoisotopic (exact) mass is 550 g/mol. The number of nitrogens with one attached hydrogen (secondary N) is 1. The van der Waals surface area contributed by atoms with E-state index in [1.54, 1.807) is 0 Å². The minimum Gasteiger partial charge on any atom is -0.331 e. The highest BCUT2D eigenvalue weighted by Crippen LogP contribution is 2.54. The first kappa shape index (κ1) is 27.5. The molecule has 8 heteroatoms. The molecule has 2 aliphatic heterocycles. The van der Waals surface area contributed by atoms with E-state index in [9.17, 15) is 13.9 Å². The van der Waals surface area contributed by atoms with Crippen LogP contribution in [0.15, 0.2) is 61.2 Å². The first-order valence-electron chi connectivity index (χ1n) is 12.5. The van der Waals surface area contributed by atoms with Gasteiger partial charge in [0, 0.05) is 35.0 Å². The maximum atomic E-state index is 14.4. The number of allylic oxidation sites excluding steroid dienone is 1. The molecule has 0 radical (unpaired) electrons. The first-order chi connectivity index (χ1) is 17.1. The van der Waals surface area contributed by atoms with Crippen molar-refractivity contribution in [2.45, 2.75) is 62.9 Å². The van der Waals surface area contributed by atoms with E-state index in [1.807, 2.05) is 60.4 Å². The number of benzene rings is 2. The van der Waals surface area contributed by atoms with E-state index >= 15 is 0 Å². The van der Waals surface area contributed by atoms with Crippen molar-refractivity contribution in [3.63, 3.8) is 0 Å². The number of piperidine rings is 1. The molecular weight excluding hydrogens is 515 g/mol. The molecule has 0 saturated carbocycles. The van der Waals surface area contributed by atoms with Crippen molar-refractivity contribution in [3.8, 4) is 0 Å². The SMILES string of the molecule is C=CC[C@@]1(C)C[C@H](c2cccc(Cl)c2)[C@@H](c2ccc(Cl)cc2)N(C(CC)CC2NCCS2(O)O)C1=O. The summed E-state index contributed by atoms with van der Waals surface area (Å²) < 4.78 is 21.3. The minimum atomic E-state index is -2.75. The quantitative estimate of drug-likeness (QED) is 0.298. The Balaban J connectivity index is 1.86. The van der Waals surface area contributed by atoms with Gasteiger partial charge in [-0.3, -0.25) is 19.2 Å². The highest BCUT2D eigenvalue weighted by atomic mass is 35.5. The van der Waals surface area contributed by atoms with Gasteiger partial charge in [-0.25, -0.2) is 0 Å². The summed E-state index contributed by atoms with van der Waals surface area (Å²) in [6.07, 6.45) is 4.19. The minimum absolute atomic E-state index is 0.0153. The summed E-state index contributed by atoms with van der Waals surface area (Å²) in [6.45, 7) is 8.60. The van der Waals surface area contributed by atoms with Crippen LogP contribution in [0.3, 0.4) is 0 Å². The van der Waals surface area contributed by atoms with Crippen LogP contribution in [0.1, 0.15) is 62.6 Å². The maximum absolute atomic E-state index is 14.4. The molecule has 4 rings (SSSR count). The van der Waals surface area contributed by atoms with Gasteiger partial charge in [-0.2, -0.15) is 10.6 Å². The molecule has 0 aromatic heterocycles. The molecule has 0 spiro atoms. The fourth-order valence-corrected chi connectivity index (χ4v) is 7.84. The van der Waals surface area contributed by atoms with Crippen molar-refractivity contribution < 1.29 is 13.9 Å². The highest BCUT2D eigenvalue weighted by Gasteiger charge is 2.51. The highest BCUT2D eigenvalue weighted by molar-refractivity contribution is 8.25. The second kappa shape index (κ2) is 11.1. The first-order valence-corrected chi connectivity index (χ1v) is 15.1. The molecule has 2 unspecified atom stereocenters. The third-order valence-electron chi connectivity index (χ3n) is 7.77. The van der Waals surface area contributed by atoms with Crippen LogP contribution in [-0.4, -0.2) is 43.6 Å². The Kier molecular flexibility index (Phi) is 8.45. The molecule has 5 atom stereocenters. The fourth-order valence-electron chi connectivity index (χ4n) is 5.90. The van der Waals surface area contributed by atoms with E-state index in [-0.39, 0.29) is 23.9 Å². The van der Waals surface area contributed by atoms with Gasteiger partial charge in [-0.15, -0.1) is 6.58 Å². The molecule has 2 aromatic carbocycles. The topological polar surface area (TPSA) is 72.8 Å². The Morgan fingerprint density at radius 1 is 1.19 bits per heavy atom. The van der Waals surface area contributed by atoms with Crippen molar-refractivity contribution in [2.24, 2.45) is 5.41 Å². The number of carbonyl (C=O) groups excluding carboxylic acids is 1. The molecule has 5 nitrogen and oxygen atoms in total. The number of likely N-dealkylation sites (tertiary alicyclic amines) is 1. The Labute approximate surface area is 226 Å². The van der Waals surface area contributed by atoms with Crippen LogP contribution in [0.25, 0.3) is 0 Å². The van der Waals surface area contributed by atoms with E-state index in [1.165, 1.54) is 0 Å². The number of halogens is 2. The van der Waals surface area contributed by atoms with Crippen molar-refractivity contribution in [1.29, 1.82) is 0 Å². The molecule has 2 aliphatic rings. The van der Waals surface area contributed by atoms with Gasteiger partial charge in [0.25, 0.3) is 0 Å². The Morgan fingerprint density at radius 3 is 2.50 bits per heavy atom. The van der Waals surface area contributed by atoms with Crippen LogP contribution >= 0.6 is 33.8 Å². The standard InChI is InChI=1S/C28H36Cl2N2O3S/c1-4-13-28(3)18-24(20-7-6-8-22(30)16-20)26(19-9-11-21(29)12-10-19)32(27(28)33)23(5-2)17-25-31-14-15-36(25,34)35/h4,6-12,16,23-26,31,34-35H,1,5,13-15,17-18H2,2-3H3/t23?,24-,25?,26-,28+/m1/s1. The van der Waals surface area contributed by atoms with Crippen LogP contribution < -0.4 is 5.32 Å². The number of nitrogens with zero attached hydrogens (tertiary/aromatic N) is 1. The zero-order valence-corrected chi connectivity index (χ0v) is 23.2. The zero-order valence-electron chi connectivity index (χ0n) is 20.9. The molecule has 2 heterocycles. The lowest BCUT2D eigenvalue weighted by Crippen LogP contribution is -2.56. The summed E-state index contributed by atoms with van der Waals surface area (Å²) in [5.41, 5.74) is 1.44. The Morgan fingerprint density at radius 2 is 1.92 bits per heavy atom. The van der Waals surface area contributed by atoms with Gasteiger partial charge < -0.3 is 4.90 Å². The summed E-state index contributed by atoms with van der Waals surface area (Å²) >= 11 is 12.7. The molecule has 1 amide bonds. The average molecular weight is 552 g/mol. The lowest BCUT2D eigenvalue weighted by atomic mass is 9.67. The lowest BCUT2D eigenvalue weighted by Gasteiger charge is -2.53. The molecule has 0 aliphatic carbocycles. The van der Waals surface area contributed by atoms with Gasteiger partial charge in [-0.1, -0.05) is 67.4 Å². The Hall–Kier alpha value is -1.54. The van der Waals surface area contributed by atoms with Gasteiger partial charge >= 0.3 is 0 Å². The predicted octanol–water partition coefficient (Wildman–Crippen LogP) is 7.48. The smallest absolute Gasteiger partial charge is 0.229 e. The van der Waals surface area contributed by atoms with Gasteiger partial charge in [0.05, 0.1) is 22.6 Å². The van der Waals surface area contributed by atoms with Crippen molar-refractivity contribution >= 4 is 39.7 Å². The van der Waals surface area contributed by atoms with Crippen molar-refractivity contribution in [3.05, 3.63) is 82.4 Å². The predicted molar refractivity (Wildman–Crippen MR) is 151 cm³/mol. The van der Waals surface area contributed by atoms with Crippen LogP contribution in [0.5, 0.6) is 0 Å². The van der Waals surface area contributed by atoms with Crippen LogP contribution in [0, 0.1) is 5.41 Å². The molecule has 2 saturated heterocycles. The zero-order chi connectivity index (χ0) is 26.1. The third-order valence-corrected chi connectivity index (χ3v) is 10.3. The van der Waals surface area contributed by atoms with E-state index in [2.05, 4.69) is 24.9 Å². The van der Waals surface area contributed by atoms with E-state index in [4.69, 9.17) is 23.2 Å². The number of rotatable bonds is 8. The maximum Gasteiger partial charge on any atom is 0.229 e. The molecule has 196 valence electrons. The molecule has 3 N–H and O–H groups in total. The van der Waals surface area contributed by atoms with Crippen molar-refractivity contribution in [2.75, 3.05) is 12.3 Å². The van der Waals surface area contributed by atoms with Crippen molar-refractivity contribution in [1.82, 2.24) is 10.2 Å². The van der Waals surface area contributed by atoms with E-state index in [0.29, 0.717) is 48.0 Å². The summed E-state index contributed by atoms with van der Waals surface area (Å²) in [5.74, 6) is 0.405. The largest absolute Gasteiger partial charge is 0.331 e. The number of hydrogen-bond donors (Lipinski definition) is 3. The van der Waals surface area contributed by atoms with Gasteiger partial charge in [0.15, 0.2) is 0 Å². The molecule has 0 bridgehead atoms. The van der Waals surface area contributed by atoms with Crippen LogP contribution in [0.2, 0.25) is 10.0 Å². The molecular formula is C28H36Cl2N2O3S. The average Bonchev–Trinajstić information content (AvgIpc) is 3.17. The second-order valence-corrected chi connectivity index (χ2v) is 13.6. The normalized spacial score (nSPS) is 29.7. The lowest BCUT2D eigenvalue weighted by molar-refractivity contribution is -0.154. The molecule has 2 aromatic rings. The number of carbonyl (C=O) groups is 1. The van der Waals surface area contributed by atoms with E-state index in [0.717, 1.165) is 11.1 Å². The number of amides is 1. The van der Waals surface area contributed by atoms with Crippen LogP contribution in [-0.2, 0) is 4.79 Å². The summed E-state index contributed by atoms with van der Waals surface area (Å²) in [6, 6.07) is 15.2. The molecule has 2 fully saturated rings. The van der Waals surface area contributed by atoms with E-state index < -0.39 is 21.4 Å². The fraction of sp³-hybridized carbons (Fsp3) is 0.464. The van der Waals surface area contributed by atoms with Gasteiger partial charge in [0.1, 0.15) is 0 Å². The van der Waals surface area contributed by atoms with Gasteiger partial charge in [-0.05, 0) is 54.7 Å².